The molecular formula is C14H14F2N4S. The van der Waals surface area contributed by atoms with E-state index in [4.69, 9.17) is 5.84 Å². The molecule has 0 atom stereocenters. The molecule has 0 aliphatic heterocycles. The summed E-state index contributed by atoms with van der Waals surface area (Å²) < 4.78 is 26.7. The Labute approximate surface area is 125 Å². The number of hydrogen-bond acceptors (Lipinski definition) is 5. The molecular weight excluding hydrogens is 294 g/mol. The van der Waals surface area contributed by atoms with Crippen LogP contribution in [0, 0.1) is 18.6 Å². The fourth-order valence-electron chi connectivity index (χ4n) is 1.94. The quantitative estimate of drug-likeness (QED) is 0.515. The monoisotopic (exact) mass is 308 g/mol. The van der Waals surface area contributed by atoms with Gasteiger partial charge in [-0.2, -0.15) is 0 Å². The summed E-state index contributed by atoms with van der Waals surface area (Å²) in [7, 11) is 0. The Morgan fingerprint density at radius 1 is 1.29 bits per heavy atom. The van der Waals surface area contributed by atoms with E-state index in [2.05, 4.69) is 15.4 Å². The van der Waals surface area contributed by atoms with Gasteiger partial charge < -0.3 is 5.43 Å². The van der Waals surface area contributed by atoms with E-state index in [1.807, 2.05) is 6.92 Å². The molecule has 1 fully saturated rings. The number of hydrazine groups is 1. The third-order valence-electron chi connectivity index (χ3n) is 3.30. The van der Waals surface area contributed by atoms with Gasteiger partial charge in [0.2, 0.25) is 0 Å². The number of benzene rings is 1. The Bertz CT molecular complexity index is 689. The van der Waals surface area contributed by atoms with Crippen molar-refractivity contribution in [3.8, 4) is 0 Å². The molecule has 0 amide bonds. The van der Waals surface area contributed by atoms with Gasteiger partial charge in [0.05, 0.1) is 0 Å². The molecule has 3 N–H and O–H groups in total. The molecule has 1 heterocycles. The second kappa shape index (κ2) is 5.57. The largest absolute Gasteiger partial charge is 0.308 e. The van der Waals surface area contributed by atoms with Gasteiger partial charge in [0.25, 0.3) is 0 Å². The van der Waals surface area contributed by atoms with Crippen LogP contribution < -0.4 is 11.3 Å². The lowest BCUT2D eigenvalue weighted by Gasteiger charge is -2.11. The highest BCUT2D eigenvalue weighted by Gasteiger charge is 2.28. The number of nitrogen functional groups attached to an aromatic ring is 1. The SMILES string of the molecule is Cc1c(NN)nc(C2CC2)nc1Sc1ccc(F)cc1F. The second-order valence-corrected chi connectivity index (χ2v) is 5.99. The van der Waals surface area contributed by atoms with Gasteiger partial charge in [-0.3, -0.25) is 0 Å². The van der Waals surface area contributed by atoms with Crippen molar-refractivity contribution in [2.45, 2.75) is 35.6 Å². The first kappa shape index (κ1) is 14.2. The first-order valence-electron chi connectivity index (χ1n) is 6.56. The van der Waals surface area contributed by atoms with E-state index in [9.17, 15) is 8.78 Å². The summed E-state index contributed by atoms with van der Waals surface area (Å²) in [4.78, 5) is 9.20. The molecule has 3 rings (SSSR count). The van der Waals surface area contributed by atoms with Crippen molar-refractivity contribution in [2.24, 2.45) is 5.84 Å². The van der Waals surface area contributed by atoms with E-state index in [-0.39, 0.29) is 0 Å². The average molecular weight is 308 g/mol. The summed E-state index contributed by atoms with van der Waals surface area (Å²) in [6.07, 6.45) is 2.12. The fourth-order valence-corrected chi connectivity index (χ4v) is 2.83. The Hall–Kier alpha value is -1.73. The fraction of sp³-hybridized carbons (Fsp3) is 0.286. The van der Waals surface area contributed by atoms with E-state index >= 15 is 0 Å². The Balaban J connectivity index is 1.98. The molecule has 1 saturated carbocycles. The highest BCUT2D eigenvalue weighted by Crippen LogP contribution is 2.41. The maximum atomic E-state index is 13.8. The van der Waals surface area contributed by atoms with Crippen LogP contribution in [0.1, 0.15) is 30.1 Å². The summed E-state index contributed by atoms with van der Waals surface area (Å²) in [5, 5.41) is 0.630. The number of halogens is 2. The minimum absolute atomic E-state index is 0.322. The zero-order valence-electron chi connectivity index (χ0n) is 11.4. The zero-order chi connectivity index (χ0) is 15.0. The van der Waals surface area contributed by atoms with Gasteiger partial charge in [-0.1, -0.05) is 11.8 Å². The molecule has 2 aromatic rings. The summed E-state index contributed by atoms with van der Waals surface area (Å²) in [5.74, 6) is 5.89. The van der Waals surface area contributed by atoms with Gasteiger partial charge in [0, 0.05) is 22.4 Å². The van der Waals surface area contributed by atoms with Crippen molar-refractivity contribution < 1.29 is 8.78 Å². The summed E-state index contributed by atoms with van der Waals surface area (Å²) >= 11 is 1.15. The van der Waals surface area contributed by atoms with Crippen LogP contribution in [-0.4, -0.2) is 9.97 Å². The Morgan fingerprint density at radius 3 is 2.67 bits per heavy atom. The smallest absolute Gasteiger partial charge is 0.147 e. The van der Waals surface area contributed by atoms with Crippen molar-refractivity contribution in [1.29, 1.82) is 0 Å². The van der Waals surface area contributed by atoms with Crippen LogP contribution in [0.4, 0.5) is 14.6 Å². The van der Waals surface area contributed by atoms with Crippen molar-refractivity contribution in [3.05, 3.63) is 41.2 Å². The standard InChI is InChI=1S/C14H14F2N4S/c1-7-12(20-17)18-13(8-2-3-8)19-14(7)21-11-5-4-9(15)6-10(11)16/h4-6,8H,2-3,17H2,1H3,(H,18,19,20). The van der Waals surface area contributed by atoms with Crippen LogP contribution in [0.2, 0.25) is 0 Å². The topological polar surface area (TPSA) is 63.8 Å². The lowest BCUT2D eigenvalue weighted by atomic mass is 10.3. The molecule has 1 aromatic heterocycles. The molecule has 0 saturated heterocycles. The number of rotatable bonds is 4. The molecule has 1 aliphatic rings. The van der Waals surface area contributed by atoms with Crippen molar-refractivity contribution in [1.82, 2.24) is 9.97 Å². The summed E-state index contributed by atoms with van der Waals surface area (Å²) in [6.45, 7) is 1.82. The number of hydrogen-bond donors (Lipinski definition) is 2. The van der Waals surface area contributed by atoms with E-state index in [1.165, 1.54) is 12.1 Å². The first-order valence-corrected chi connectivity index (χ1v) is 7.38. The number of nitrogens with one attached hydrogen (secondary N) is 1. The maximum Gasteiger partial charge on any atom is 0.147 e. The molecule has 0 spiro atoms. The predicted octanol–water partition coefficient (Wildman–Crippen LogP) is 3.38. The van der Waals surface area contributed by atoms with Gasteiger partial charge in [0.15, 0.2) is 0 Å². The predicted molar refractivity (Wildman–Crippen MR) is 77.0 cm³/mol. The third-order valence-corrected chi connectivity index (χ3v) is 4.44. The van der Waals surface area contributed by atoms with E-state index < -0.39 is 11.6 Å². The van der Waals surface area contributed by atoms with Gasteiger partial charge in [-0.05, 0) is 31.9 Å². The van der Waals surface area contributed by atoms with Crippen LogP contribution in [0.25, 0.3) is 0 Å². The van der Waals surface area contributed by atoms with Crippen LogP contribution >= 0.6 is 11.8 Å². The molecule has 1 aromatic carbocycles. The molecule has 0 unspecified atom stereocenters. The van der Waals surface area contributed by atoms with Crippen LogP contribution in [0.3, 0.4) is 0 Å². The number of nitrogens with two attached hydrogens (primary N) is 1. The van der Waals surface area contributed by atoms with Crippen LogP contribution in [0.15, 0.2) is 28.1 Å². The van der Waals surface area contributed by atoms with Gasteiger partial charge in [-0.25, -0.2) is 24.6 Å². The highest BCUT2D eigenvalue weighted by atomic mass is 32.2. The van der Waals surface area contributed by atoms with Crippen molar-refractivity contribution in [2.75, 3.05) is 5.43 Å². The van der Waals surface area contributed by atoms with Crippen molar-refractivity contribution in [3.63, 3.8) is 0 Å². The summed E-state index contributed by atoms with van der Waals surface area (Å²) in [6, 6.07) is 3.50. The van der Waals surface area contributed by atoms with Crippen LogP contribution in [0.5, 0.6) is 0 Å². The third kappa shape index (κ3) is 2.98. The summed E-state index contributed by atoms with van der Waals surface area (Å²) in [5.41, 5.74) is 3.30. The van der Waals surface area contributed by atoms with Crippen LogP contribution in [-0.2, 0) is 0 Å². The van der Waals surface area contributed by atoms with Crippen molar-refractivity contribution >= 4 is 17.6 Å². The minimum Gasteiger partial charge on any atom is -0.308 e. The van der Waals surface area contributed by atoms with Gasteiger partial charge >= 0.3 is 0 Å². The molecule has 7 heteroatoms. The normalized spacial score (nSPS) is 14.3. The lowest BCUT2D eigenvalue weighted by Crippen LogP contribution is -2.13. The molecule has 4 nitrogen and oxygen atoms in total. The van der Waals surface area contributed by atoms with E-state index in [1.54, 1.807) is 0 Å². The Morgan fingerprint density at radius 2 is 2.05 bits per heavy atom. The number of nitrogens with zero attached hydrogens (tertiary/aromatic N) is 2. The average Bonchev–Trinajstić information content (AvgIpc) is 3.28. The lowest BCUT2D eigenvalue weighted by molar-refractivity contribution is 0.565. The second-order valence-electron chi connectivity index (χ2n) is 4.96. The molecule has 110 valence electrons. The van der Waals surface area contributed by atoms with E-state index in [0.29, 0.717) is 21.7 Å². The molecule has 0 radical (unpaired) electrons. The molecule has 0 bridgehead atoms. The van der Waals surface area contributed by atoms with Gasteiger partial charge in [0.1, 0.15) is 28.3 Å². The van der Waals surface area contributed by atoms with Gasteiger partial charge in [-0.15, -0.1) is 0 Å². The molecule has 1 aliphatic carbocycles. The zero-order valence-corrected chi connectivity index (χ0v) is 12.2. The highest BCUT2D eigenvalue weighted by molar-refractivity contribution is 7.99. The number of aromatic nitrogens is 2. The van der Waals surface area contributed by atoms with E-state index in [0.717, 1.165) is 42.1 Å². The minimum atomic E-state index is -0.603. The first-order chi connectivity index (χ1) is 10.1. The Kier molecular flexibility index (Phi) is 3.77. The maximum absolute atomic E-state index is 13.8. The number of anilines is 1. The molecule has 21 heavy (non-hydrogen) atoms.